The molecule has 0 saturated carbocycles. The quantitative estimate of drug-likeness (QED) is 0.646. The number of ether oxygens (including phenoxy) is 1. The molecule has 1 saturated heterocycles. The third-order valence-corrected chi connectivity index (χ3v) is 4.99. The van der Waals surface area contributed by atoms with Crippen molar-refractivity contribution in [2.24, 2.45) is 0 Å². The standard InChI is InChI=1S/C21H28N2O7/c1-20(2,3)30-19(29)23-11-9-21(10-12-23,14-7-5-4-6-8-14)18(28)22-15(17(26)27)13-16(24)25/h4-8,15H,9-13H2,1-3H3,(H,22,28)(H,24,25)(H,26,27)/p-2/t15-/m0/s1. The van der Waals surface area contributed by atoms with Gasteiger partial charge >= 0.3 is 6.09 Å². The first-order chi connectivity index (χ1) is 13.9. The van der Waals surface area contributed by atoms with Gasteiger partial charge in [0.05, 0.1) is 17.4 Å². The van der Waals surface area contributed by atoms with Crippen LogP contribution in [0.5, 0.6) is 0 Å². The molecule has 2 rings (SSSR count). The van der Waals surface area contributed by atoms with Crippen LogP contribution in [-0.2, 0) is 24.5 Å². The van der Waals surface area contributed by atoms with E-state index in [9.17, 15) is 29.4 Å². The second kappa shape index (κ2) is 9.15. The van der Waals surface area contributed by atoms with Gasteiger partial charge in [-0.05, 0) is 39.2 Å². The van der Waals surface area contributed by atoms with E-state index in [2.05, 4.69) is 5.32 Å². The number of rotatable bonds is 6. The van der Waals surface area contributed by atoms with E-state index in [1.54, 1.807) is 51.1 Å². The highest BCUT2D eigenvalue weighted by molar-refractivity contribution is 5.92. The van der Waals surface area contributed by atoms with Crippen LogP contribution >= 0.6 is 0 Å². The van der Waals surface area contributed by atoms with Crippen molar-refractivity contribution in [1.82, 2.24) is 10.2 Å². The molecular weight excluding hydrogens is 392 g/mol. The summed E-state index contributed by atoms with van der Waals surface area (Å²) in [7, 11) is 0. The summed E-state index contributed by atoms with van der Waals surface area (Å²) in [6.07, 6.45) is -0.960. The van der Waals surface area contributed by atoms with E-state index in [0.717, 1.165) is 0 Å². The number of likely N-dealkylation sites (tertiary alicyclic amines) is 1. The monoisotopic (exact) mass is 418 g/mol. The topological polar surface area (TPSA) is 139 Å². The lowest BCUT2D eigenvalue weighted by Gasteiger charge is -2.42. The van der Waals surface area contributed by atoms with Gasteiger partial charge < -0.3 is 34.8 Å². The largest absolute Gasteiger partial charge is 0.550 e. The van der Waals surface area contributed by atoms with Crippen molar-refractivity contribution in [3.8, 4) is 0 Å². The molecule has 0 radical (unpaired) electrons. The SMILES string of the molecule is CC(C)(C)OC(=O)N1CCC(C(=O)N[C@@H](CC(=O)[O-])C(=O)[O-])(c2ccccc2)CC1. The number of amides is 2. The zero-order valence-corrected chi connectivity index (χ0v) is 17.3. The fourth-order valence-corrected chi connectivity index (χ4v) is 3.46. The number of carboxylic acids is 2. The van der Waals surface area contributed by atoms with Crippen LogP contribution in [0.2, 0.25) is 0 Å². The zero-order valence-electron chi connectivity index (χ0n) is 17.3. The second-order valence-electron chi connectivity index (χ2n) is 8.34. The minimum absolute atomic E-state index is 0.215. The Bertz CT molecular complexity index is 793. The lowest BCUT2D eigenvalue weighted by Crippen LogP contribution is -2.58. The molecule has 0 bridgehead atoms. The normalized spacial score (nSPS) is 17.0. The number of hydrogen-bond donors (Lipinski definition) is 1. The average Bonchev–Trinajstić information content (AvgIpc) is 2.66. The number of nitrogens with zero attached hydrogens (tertiary/aromatic N) is 1. The van der Waals surface area contributed by atoms with Crippen molar-refractivity contribution in [3.05, 3.63) is 35.9 Å². The van der Waals surface area contributed by atoms with E-state index in [0.29, 0.717) is 5.56 Å². The number of hydrogen-bond acceptors (Lipinski definition) is 7. The fraction of sp³-hybridized carbons (Fsp3) is 0.524. The molecule has 0 aromatic heterocycles. The molecule has 2 amide bonds. The summed E-state index contributed by atoms with van der Waals surface area (Å²) in [4.78, 5) is 49.2. The van der Waals surface area contributed by atoms with Gasteiger partial charge in [-0.2, -0.15) is 0 Å². The number of piperidine rings is 1. The number of carbonyl (C=O) groups excluding carboxylic acids is 4. The summed E-state index contributed by atoms with van der Waals surface area (Å²) >= 11 is 0. The summed E-state index contributed by atoms with van der Waals surface area (Å²) in [5, 5.41) is 24.4. The van der Waals surface area contributed by atoms with E-state index in [4.69, 9.17) is 4.74 Å². The third-order valence-electron chi connectivity index (χ3n) is 4.99. The highest BCUT2D eigenvalue weighted by atomic mass is 16.6. The Labute approximate surface area is 175 Å². The highest BCUT2D eigenvalue weighted by Gasteiger charge is 2.44. The Morgan fingerprint density at radius 2 is 1.67 bits per heavy atom. The summed E-state index contributed by atoms with van der Waals surface area (Å²) in [5.74, 6) is -3.95. The van der Waals surface area contributed by atoms with Gasteiger partial charge in [0.1, 0.15) is 5.60 Å². The molecule has 1 atom stereocenters. The van der Waals surface area contributed by atoms with Gasteiger partial charge in [-0.15, -0.1) is 0 Å². The van der Waals surface area contributed by atoms with Crippen molar-refractivity contribution < 1.29 is 34.1 Å². The maximum atomic E-state index is 13.2. The smallest absolute Gasteiger partial charge is 0.410 e. The average molecular weight is 418 g/mol. The zero-order chi connectivity index (χ0) is 22.5. The highest BCUT2D eigenvalue weighted by Crippen LogP contribution is 2.36. The van der Waals surface area contributed by atoms with Crippen LogP contribution in [0.25, 0.3) is 0 Å². The second-order valence-corrected chi connectivity index (χ2v) is 8.34. The van der Waals surface area contributed by atoms with Crippen LogP contribution in [-0.4, -0.2) is 53.6 Å². The van der Waals surface area contributed by atoms with E-state index >= 15 is 0 Å². The van der Waals surface area contributed by atoms with Gasteiger partial charge in [0, 0.05) is 25.5 Å². The summed E-state index contributed by atoms with van der Waals surface area (Å²) in [6.45, 7) is 5.71. The van der Waals surface area contributed by atoms with Gasteiger partial charge in [-0.1, -0.05) is 30.3 Å². The van der Waals surface area contributed by atoms with Crippen molar-refractivity contribution >= 4 is 23.9 Å². The Hall–Kier alpha value is -3.10. The Morgan fingerprint density at radius 1 is 1.10 bits per heavy atom. The molecule has 1 aliphatic heterocycles. The molecule has 1 aliphatic rings. The van der Waals surface area contributed by atoms with E-state index in [-0.39, 0.29) is 25.9 Å². The van der Waals surface area contributed by atoms with E-state index < -0.39 is 47.4 Å². The third kappa shape index (κ3) is 5.71. The number of carbonyl (C=O) groups is 4. The van der Waals surface area contributed by atoms with Crippen LogP contribution in [0.1, 0.15) is 45.6 Å². The van der Waals surface area contributed by atoms with Gasteiger partial charge in [0.2, 0.25) is 5.91 Å². The molecule has 0 unspecified atom stereocenters. The molecule has 164 valence electrons. The molecule has 1 aromatic rings. The van der Waals surface area contributed by atoms with E-state index in [1.807, 2.05) is 0 Å². The summed E-state index contributed by atoms with van der Waals surface area (Å²) < 4.78 is 5.38. The molecule has 1 fully saturated rings. The Balaban J connectivity index is 2.25. The predicted molar refractivity (Wildman–Crippen MR) is 102 cm³/mol. The molecule has 30 heavy (non-hydrogen) atoms. The lowest BCUT2D eigenvalue weighted by molar-refractivity contribution is -0.317. The molecular formula is C21H26N2O7-2. The Morgan fingerprint density at radius 3 is 2.13 bits per heavy atom. The van der Waals surface area contributed by atoms with Crippen LogP contribution < -0.4 is 15.5 Å². The van der Waals surface area contributed by atoms with Crippen molar-refractivity contribution in [3.63, 3.8) is 0 Å². The first-order valence-corrected chi connectivity index (χ1v) is 9.70. The maximum absolute atomic E-state index is 13.2. The van der Waals surface area contributed by atoms with Gasteiger partial charge in [0.25, 0.3) is 0 Å². The molecule has 9 heteroatoms. The molecule has 9 nitrogen and oxygen atoms in total. The number of carboxylic acid groups (broad SMARTS) is 2. The number of nitrogens with one attached hydrogen (secondary N) is 1. The number of aliphatic carboxylic acids is 2. The van der Waals surface area contributed by atoms with Crippen LogP contribution in [0.15, 0.2) is 30.3 Å². The van der Waals surface area contributed by atoms with Crippen molar-refractivity contribution in [2.75, 3.05) is 13.1 Å². The minimum atomic E-state index is -1.72. The minimum Gasteiger partial charge on any atom is -0.550 e. The molecule has 1 N–H and O–H groups in total. The van der Waals surface area contributed by atoms with Crippen LogP contribution in [0.4, 0.5) is 4.79 Å². The first-order valence-electron chi connectivity index (χ1n) is 9.70. The fourth-order valence-electron chi connectivity index (χ4n) is 3.46. The van der Waals surface area contributed by atoms with Crippen LogP contribution in [0, 0.1) is 0 Å². The molecule has 1 heterocycles. The molecule has 0 aliphatic carbocycles. The molecule has 1 aromatic carbocycles. The first kappa shape index (κ1) is 23.2. The van der Waals surface area contributed by atoms with E-state index in [1.165, 1.54) is 4.90 Å². The van der Waals surface area contributed by atoms with Crippen molar-refractivity contribution in [2.45, 2.75) is 57.1 Å². The predicted octanol–water partition coefficient (Wildman–Crippen LogP) is -0.670. The molecule has 0 spiro atoms. The van der Waals surface area contributed by atoms with Crippen molar-refractivity contribution in [1.29, 1.82) is 0 Å². The number of benzene rings is 1. The Kier molecular flexibility index (Phi) is 7.07. The summed E-state index contributed by atoms with van der Waals surface area (Å²) in [5.41, 5.74) is -1.13. The van der Waals surface area contributed by atoms with Gasteiger partial charge in [0.15, 0.2) is 0 Å². The summed E-state index contributed by atoms with van der Waals surface area (Å²) in [6, 6.07) is 7.06. The van der Waals surface area contributed by atoms with Crippen LogP contribution in [0.3, 0.4) is 0 Å². The van der Waals surface area contributed by atoms with Gasteiger partial charge in [-0.3, -0.25) is 4.79 Å². The lowest BCUT2D eigenvalue weighted by atomic mass is 9.72. The maximum Gasteiger partial charge on any atom is 0.410 e. The van der Waals surface area contributed by atoms with Gasteiger partial charge in [-0.25, -0.2) is 4.79 Å².